The maximum absolute atomic E-state index is 12.0. The van der Waals surface area contributed by atoms with E-state index >= 15 is 0 Å². The summed E-state index contributed by atoms with van der Waals surface area (Å²) < 4.78 is 15.3. The van der Waals surface area contributed by atoms with Crippen molar-refractivity contribution in [2.45, 2.75) is 216 Å². The molecule has 7 aromatic heterocycles. The zero-order valence-electron chi connectivity index (χ0n) is 85.3. The number of aliphatic hydroxyl groups is 2. The quantitative estimate of drug-likeness (QED) is 0.0248. The van der Waals surface area contributed by atoms with Crippen molar-refractivity contribution in [3.8, 4) is 44.5 Å². The number of anilines is 10. The summed E-state index contributed by atoms with van der Waals surface area (Å²) in [4.78, 5) is 69.0. The smallest absolute Gasteiger partial charge is 0.219 e. The Balaban J connectivity index is 0.000000116. The van der Waals surface area contributed by atoms with Gasteiger partial charge in [0.1, 0.15) is 0 Å². The van der Waals surface area contributed by atoms with Crippen LogP contribution in [-0.4, -0.2) is 165 Å². The molecule has 0 saturated heterocycles. The first-order chi connectivity index (χ1) is 70.5. The summed E-state index contributed by atoms with van der Waals surface area (Å²) in [6, 6.07) is 57.2. The summed E-state index contributed by atoms with van der Waals surface area (Å²) in [5.41, 5.74) is 26.5. The number of aryl methyl sites for hydroxylation is 2. The zero-order chi connectivity index (χ0) is 102. The highest BCUT2D eigenvalue weighted by molar-refractivity contribution is 9.10. The van der Waals surface area contributed by atoms with E-state index in [9.17, 15) is 34.2 Å². The van der Waals surface area contributed by atoms with Crippen molar-refractivity contribution in [2.75, 3.05) is 59.3 Å². The molecule has 0 radical (unpaired) electrons. The predicted octanol–water partition coefficient (Wildman–Crippen LogP) is 19.7. The molecule has 31 nitrogen and oxygen atoms in total. The fraction of sp³-hybridized carbons (Fsp3) is 0.386. The van der Waals surface area contributed by atoms with E-state index in [4.69, 9.17) is 25.5 Å². The monoisotopic (exact) mass is 2030 g/mol. The second-order valence-corrected chi connectivity index (χ2v) is 41.9. The highest BCUT2D eigenvalue weighted by Gasteiger charge is 2.37. The van der Waals surface area contributed by atoms with Crippen molar-refractivity contribution in [3.63, 3.8) is 0 Å². The van der Waals surface area contributed by atoms with Crippen molar-refractivity contribution in [1.29, 1.82) is 0 Å². The molecule has 0 spiro atoms. The first-order valence-corrected chi connectivity index (χ1v) is 52.2. The van der Waals surface area contributed by atoms with Gasteiger partial charge in [-0.3, -0.25) is 56.7 Å². The number of aromatic nitrogens is 14. The van der Waals surface area contributed by atoms with Crippen LogP contribution in [0.1, 0.15) is 180 Å². The van der Waals surface area contributed by atoms with Gasteiger partial charge in [-0.05, 0) is 225 Å². The van der Waals surface area contributed by atoms with Gasteiger partial charge in [-0.2, -0.15) is 35.7 Å². The molecular formula is C114H133BrN24O7. The Labute approximate surface area is 861 Å². The molecule has 146 heavy (non-hydrogen) atoms. The average molecular weight is 2030 g/mol. The standard InChI is InChI=1S/C27H32N4O2.C26H30N4O2.C22H26N6O.C21H24N6O.C18H21BrN4O/c1-18(32)30-14-13-25-24(17-30)26(29-31(25)16-19-7-8-19)28-23-11-9-20(10-12-23)21-5-4-6-22(15-21)27(2,3)33;1-17(31)21-4-3-5-22(14-21)20-8-10-23(11-9-20)27-26-24-16-29(18(2)32)13-12-25(24)30(28-26)15-19-6-7-19;1-15(29)27-10-9-21-20(14-27)22(25-28(21)12-16-3-4-16)24-19-7-5-17(6-8-19)18-11-23-26(2)13-18;1-4-9-27-20-8-10-26(15(2)28)14-19(20)21(24-27)23-18-7-5-6-16(11-18)17-12-22-25(3)13-17;1-12(24)22-9-8-17-16(11-22)18(21-23(17)10-13-2-3-13)20-15-6-4-14(19)5-7-15/h4-6,9-12,15,19,33H,7-8,13-14,16-17H2,1-3H3,(H,28,29);3-5,8-11,14,17,19,31H,6-7,12-13,15-16H2,1-2H3,(H,27,28);5-8,11,13,16H,3-4,9-10,12,14H2,1-2H3,(H,24,25);4-7,11-13H,1,8-10,14H2,2-3H3,(H,23,24);4-7,13H,2-3,8-11H2,1H3,(H,20,21). The first-order valence-electron chi connectivity index (χ1n) is 51.4. The molecule has 4 aliphatic carbocycles. The molecule has 12 heterocycles. The molecule has 758 valence electrons. The number of hydrogen-bond acceptors (Lipinski definition) is 19. The molecule has 7 aromatic carbocycles. The van der Waals surface area contributed by atoms with E-state index in [-0.39, 0.29) is 29.5 Å². The maximum Gasteiger partial charge on any atom is 0.219 e. The molecule has 9 aliphatic rings. The third kappa shape index (κ3) is 24.5. The van der Waals surface area contributed by atoms with Crippen LogP contribution >= 0.6 is 15.9 Å². The van der Waals surface area contributed by atoms with Crippen LogP contribution in [0.4, 0.5) is 57.5 Å². The summed E-state index contributed by atoms with van der Waals surface area (Å²) >= 11 is 3.46. The number of allylic oxidation sites excluding steroid dienone is 1. The number of benzene rings is 7. The molecule has 14 aromatic rings. The van der Waals surface area contributed by atoms with E-state index in [0.717, 1.165) is 255 Å². The molecule has 32 heteroatoms. The predicted molar refractivity (Wildman–Crippen MR) is 574 cm³/mol. The van der Waals surface area contributed by atoms with Crippen LogP contribution in [0.25, 0.3) is 44.5 Å². The fourth-order valence-electron chi connectivity index (χ4n) is 19.8. The minimum atomic E-state index is -0.871. The summed E-state index contributed by atoms with van der Waals surface area (Å²) in [6.07, 6.45) is 23.7. The van der Waals surface area contributed by atoms with Gasteiger partial charge >= 0.3 is 0 Å². The molecule has 23 rings (SSSR count). The van der Waals surface area contributed by atoms with Gasteiger partial charge in [-0.1, -0.05) is 107 Å². The van der Waals surface area contributed by atoms with Crippen LogP contribution < -0.4 is 26.6 Å². The molecule has 5 amide bonds. The first kappa shape index (κ1) is 100. The SMILES string of the molecule is C=CCn1nc(Nc2cccc(-c3cnn(C)c3)c2)c2c1CCN(C(C)=O)C2.CC(=O)N1CCc2c(c(Nc3ccc(-c4cccc(C(C)(C)O)c4)cc3)nn2CC2CC2)C1.CC(=O)N1CCc2c(c(Nc3ccc(-c4cccc(C(C)O)c4)cc3)nn2CC2CC2)C1.CC(=O)N1CCc2c(c(Nc3ccc(-c4cnn(C)c4)cc3)nn2CC2CC2)C1.CC(=O)N1CCc2c(c(Nc3ccc(Br)cc3)nn2CC2CC2)C1. The van der Waals surface area contributed by atoms with Crippen molar-refractivity contribution in [2.24, 2.45) is 37.8 Å². The Morgan fingerprint density at radius 1 is 0.384 bits per heavy atom. The lowest BCUT2D eigenvalue weighted by molar-refractivity contribution is -0.130. The molecule has 4 fully saturated rings. The number of fused-ring (bicyclic) bond motifs is 5. The summed E-state index contributed by atoms with van der Waals surface area (Å²) in [6.45, 7) is 28.9. The van der Waals surface area contributed by atoms with E-state index in [0.29, 0.717) is 39.3 Å². The van der Waals surface area contributed by atoms with E-state index < -0.39 is 11.7 Å². The topological polar surface area (TPSA) is 327 Å². The molecule has 7 N–H and O–H groups in total. The minimum absolute atomic E-state index is 0.0895. The molecule has 1 atom stereocenters. The maximum atomic E-state index is 12.0. The van der Waals surface area contributed by atoms with Gasteiger partial charge in [0.15, 0.2) is 29.1 Å². The molecule has 0 bridgehead atoms. The van der Waals surface area contributed by atoms with Gasteiger partial charge in [0.25, 0.3) is 0 Å². The van der Waals surface area contributed by atoms with E-state index in [1.807, 2.05) is 147 Å². The lowest BCUT2D eigenvalue weighted by Gasteiger charge is -2.26. The number of carbonyl (C=O) groups excluding carboxylic acids is 5. The molecule has 4 saturated carbocycles. The minimum Gasteiger partial charge on any atom is -0.389 e. The second kappa shape index (κ2) is 43.8. The van der Waals surface area contributed by atoms with Crippen LogP contribution in [0, 0.1) is 23.7 Å². The van der Waals surface area contributed by atoms with Gasteiger partial charge < -0.3 is 61.3 Å². The van der Waals surface area contributed by atoms with Gasteiger partial charge in [0.05, 0.1) is 63.4 Å². The third-order valence-corrected chi connectivity index (χ3v) is 29.6. The van der Waals surface area contributed by atoms with Crippen molar-refractivity contribution < 1.29 is 34.2 Å². The average Bonchev–Trinajstić information content (AvgIpc) is 1.64. The normalized spacial score (nSPS) is 15.7. The lowest BCUT2D eigenvalue weighted by Crippen LogP contribution is -2.34. The Morgan fingerprint density at radius 2 is 0.671 bits per heavy atom. The zero-order valence-corrected chi connectivity index (χ0v) is 86.8. The van der Waals surface area contributed by atoms with Gasteiger partial charge in [0.2, 0.25) is 29.5 Å². The van der Waals surface area contributed by atoms with E-state index in [2.05, 4.69) is 175 Å². The highest BCUT2D eigenvalue weighted by Crippen LogP contribution is 2.43. The van der Waals surface area contributed by atoms with E-state index in [1.165, 1.54) is 85.4 Å². The van der Waals surface area contributed by atoms with Crippen LogP contribution in [-0.2, 0) is 141 Å². The Kier molecular flexibility index (Phi) is 30.1. The van der Waals surface area contributed by atoms with E-state index in [1.54, 1.807) is 64.8 Å². The number of hydrogen-bond donors (Lipinski definition) is 7. The Hall–Kier alpha value is -14.5. The third-order valence-electron chi connectivity index (χ3n) is 29.1. The number of halogens is 1. The van der Waals surface area contributed by atoms with Gasteiger partial charge in [0, 0.05) is 252 Å². The summed E-state index contributed by atoms with van der Waals surface area (Å²) in [5.74, 6) is 7.86. The lowest BCUT2D eigenvalue weighted by atomic mass is 9.94. The van der Waals surface area contributed by atoms with Crippen molar-refractivity contribution in [1.82, 2.24) is 93.0 Å². The second-order valence-electron chi connectivity index (χ2n) is 41.0. The number of aliphatic hydroxyl groups excluding tert-OH is 1. The summed E-state index contributed by atoms with van der Waals surface area (Å²) in [7, 11) is 3.83. The summed E-state index contributed by atoms with van der Waals surface area (Å²) in [5, 5.41) is 70.4. The highest BCUT2D eigenvalue weighted by atomic mass is 79.9. The molecule has 1 unspecified atom stereocenters. The number of nitrogens with zero attached hydrogens (tertiary/aromatic N) is 19. The van der Waals surface area contributed by atoms with Crippen molar-refractivity contribution >= 4 is 103 Å². The largest absolute Gasteiger partial charge is 0.389 e. The van der Waals surface area contributed by atoms with Gasteiger partial charge in [-0.15, -0.1) is 6.58 Å². The van der Waals surface area contributed by atoms with Crippen LogP contribution in [0.5, 0.6) is 0 Å². The number of carbonyl (C=O) groups is 5. The molecule has 5 aliphatic heterocycles. The fourth-order valence-corrected chi connectivity index (χ4v) is 20.1. The van der Waals surface area contributed by atoms with Crippen LogP contribution in [0.2, 0.25) is 0 Å². The number of rotatable bonds is 26. The molecular weight excluding hydrogens is 1900 g/mol. The van der Waals surface area contributed by atoms with Crippen LogP contribution in [0.3, 0.4) is 0 Å². The Bertz CT molecular complexity index is 7080. The van der Waals surface area contributed by atoms with Gasteiger partial charge in [-0.25, -0.2) is 0 Å². The number of amides is 5. The van der Waals surface area contributed by atoms with Crippen molar-refractivity contribution in [3.05, 3.63) is 279 Å². The van der Waals surface area contributed by atoms with Crippen LogP contribution in [0.15, 0.2) is 212 Å². The Morgan fingerprint density at radius 3 is 0.979 bits per heavy atom. The number of nitrogens with one attached hydrogen (secondary N) is 5.